The van der Waals surface area contributed by atoms with Crippen molar-refractivity contribution in [3.05, 3.63) is 77.5 Å². The third kappa shape index (κ3) is 2.66. The van der Waals surface area contributed by atoms with Crippen LogP contribution in [-0.4, -0.2) is 19.9 Å². The quantitative estimate of drug-likeness (QED) is 0.634. The first-order valence-electron chi connectivity index (χ1n) is 7.10. The SMILES string of the molecule is COc1ccc(C(=O)/C=C2\C=Cc3ccccc3N2C)cc1. The van der Waals surface area contributed by atoms with Crippen LogP contribution in [0.5, 0.6) is 5.75 Å². The number of para-hydroxylation sites is 1. The lowest BCUT2D eigenvalue weighted by Gasteiger charge is -2.26. The first-order valence-corrected chi connectivity index (χ1v) is 7.10. The Balaban J connectivity index is 1.87. The van der Waals surface area contributed by atoms with E-state index in [9.17, 15) is 4.79 Å². The number of fused-ring (bicyclic) bond motifs is 1. The molecule has 0 fully saturated rings. The predicted octanol–water partition coefficient (Wildman–Crippen LogP) is 3.93. The van der Waals surface area contributed by atoms with E-state index in [4.69, 9.17) is 4.74 Å². The lowest BCUT2D eigenvalue weighted by atomic mass is 10.0. The van der Waals surface area contributed by atoms with Crippen molar-refractivity contribution >= 4 is 17.5 Å². The number of ether oxygens (including phenoxy) is 1. The number of nitrogens with zero attached hydrogens (tertiary/aromatic N) is 1. The van der Waals surface area contributed by atoms with E-state index in [1.165, 1.54) is 0 Å². The monoisotopic (exact) mass is 291 g/mol. The highest BCUT2D eigenvalue weighted by molar-refractivity contribution is 6.05. The van der Waals surface area contributed by atoms with E-state index in [1.807, 2.05) is 42.3 Å². The molecule has 0 aromatic heterocycles. The van der Waals surface area contributed by atoms with Crippen molar-refractivity contribution in [1.29, 1.82) is 0 Å². The van der Waals surface area contributed by atoms with E-state index in [2.05, 4.69) is 6.07 Å². The molecule has 0 saturated heterocycles. The summed E-state index contributed by atoms with van der Waals surface area (Å²) in [5.41, 5.74) is 3.77. The molecule has 1 aliphatic rings. The Morgan fingerprint density at radius 2 is 1.77 bits per heavy atom. The molecule has 0 bridgehead atoms. The molecule has 2 aromatic rings. The number of carbonyl (C=O) groups is 1. The molecule has 0 saturated carbocycles. The van der Waals surface area contributed by atoms with Crippen molar-refractivity contribution in [2.24, 2.45) is 0 Å². The summed E-state index contributed by atoms with van der Waals surface area (Å²) in [6.45, 7) is 0. The molecule has 0 unspecified atom stereocenters. The van der Waals surface area contributed by atoms with Crippen molar-refractivity contribution in [1.82, 2.24) is 0 Å². The Labute approximate surface area is 130 Å². The Morgan fingerprint density at radius 3 is 2.50 bits per heavy atom. The van der Waals surface area contributed by atoms with E-state index >= 15 is 0 Å². The van der Waals surface area contributed by atoms with Gasteiger partial charge in [-0.05, 0) is 42.0 Å². The molecular formula is C19H17NO2. The van der Waals surface area contributed by atoms with Crippen LogP contribution in [0, 0.1) is 0 Å². The molecule has 3 rings (SSSR count). The molecule has 2 aromatic carbocycles. The molecule has 0 N–H and O–H groups in total. The van der Waals surface area contributed by atoms with Gasteiger partial charge in [0.05, 0.1) is 7.11 Å². The maximum atomic E-state index is 12.4. The fourth-order valence-corrected chi connectivity index (χ4v) is 2.48. The molecule has 1 heterocycles. The first-order chi connectivity index (χ1) is 10.7. The Morgan fingerprint density at radius 1 is 1.05 bits per heavy atom. The minimum absolute atomic E-state index is 0.0199. The van der Waals surface area contributed by atoms with Crippen LogP contribution < -0.4 is 9.64 Å². The number of methoxy groups -OCH3 is 1. The summed E-state index contributed by atoms with van der Waals surface area (Å²) in [7, 11) is 3.58. The molecule has 1 aliphatic heterocycles. The van der Waals surface area contributed by atoms with Gasteiger partial charge in [0, 0.05) is 30.1 Å². The number of benzene rings is 2. The van der Waals surface area contributed by atoms with E-state index in [-0.39, 0.29) is 5.78 Å². The minimum atomic E-state index is -0.0199. The van der Waals surface area contributed by atoms with Crippen LogP contribution in [0.2, 0.25) is 0 Å². The summed E-state index contributed by atoms with van der Waals surface area (Å²) in [5.74, 6) is 0.723. The molecule has 3 nitrogen and oxygen atoms in total. The summed E-state index contributed by atoms with van der Waals surface area (Å²) in [6, 6.07) is 15.3. The second-order valence-corrected chi connectivity index (χ2v) is 5.11. The summed E-state index contributed by atoms with van der Waals surface area (Å²) in [6.07, 6.45) is 5.65. The number of anilines is 1. The van der Waals surface area contributed by atoms with Crippen molar-refractivity contribution < 1.29 is 9.53 Å². The predicted molar refractivity (Wildman–Crippen MR) is 89.3 cm³/mol. The summed E-state index contributed by atoms with van der Waals surface area (Å²) in [5, 5.41) is 0. The van der Waals surface area contributed by atoms with Crippen LogP contribution in [-0.2, 0) is 0 Å². The maximum Gasteiger partial charge on any atom is 0.187 e. The van der Waals surface area contributed by atoms with Crippen LogP contribution in [0.3, 0.4) is 0 Å². The normalized spacial score (nSPS) is 14.8. The largest absolute Gasteiger partial charge is 0.497 e. The van der Waals surface area contributed by atoms with Crippen LogP contribution >= 0.6 is 0 Å². The topological polar surface area (TPSA) is 29.5 Å². The molecule has 3 heteroatoms. The zero-order valence-corrected chi connectivity index (χ0v) is 12.6. The maximum absolute atomic E-state index is 12.4. The van der Waals surface area contributed by atoms with Gasteiger partial charge in [-0.3, -0.25) is 4.79 Å². The molecule has 0 aliphatic carbocycles. The molecule has 0 radical (unpaired) electrons. The molecule has 110 valence electrons. The van der Waals surface area contributed by atoms with E-state index in [0.29, 0.717) is 5.56 Å². The number of likely N-dealkylation sites (N-methyl/N-ethyl adjacent to an activating group) is 1. The van der Waals surface area contributed by atoms with Crippen LogP contribution in [0.25, 0.3) is 6.08 Å². The van der Waals surface area contributed by atoms with E-state index in [1.54, 1.807) is 37.5 Å². The van der Waals surface area contributed by atoms with E-state index < -0.39 is 0 Å². The standard InChI is InChI=1S/C19H17NO2/c1-20-16(10-7-14-5-3-4-6-18(14)20)13-19(21)15-8-11-17(22-2)12-9-15/h3-13H,1-2H3/b16-13+. The molecule has 22 heavy (non-hydrogen) atoms. The highest BCUT2D eigenvalue weighted by Crippen LogP contribution is 2.29. The van der Waals surface area contributed by atoms with Gasteiger partial charge in [0.1, 0.15) is 5.75 Å². The lowest BCUT2D eigenvalue weighted by molar-refractivity contribution is 0.104. The number of hydrogen-bond donors (Lipinski definition) is 0. The summed E-state index contributed by atoms with van der Waals surface area (Å²) in [4.78, 5) is 14.4. The zero-order valence-electron chi connectivity index (χ0n) is 12.6. The van der Waals surface area contributed by atoms with Gasteiger partial charge in [-0.1, -0.05) is 24.3 Å². The van der Waals surface area contributed by atoms with Gasteiger partial charge in [-0.2, -0.15) is 0 Å². The van der Waals surface area contributed by atoms with E-state index in [0.717, 1.165) is 22.7 Å². The van der Waals surface area contributed by atoms with Crippen LogP contribution in [0.4, 0.5) is 5.69 Å². The van der Waals surface area contributed by atoms with Gasteiger partial charge in [0.2, 0.25) is 0 Å². The van der Waals surface area contributed by atoms with Crippen LogP contribution in [0.1, 0.15) is 15.9 Å². The Hall–Kier alpha value is -2.81. The second kappa shape index (κ2) is 5.90. The zero-order chi connectivity index (χ0) is 15.5. The number of rotatable bonds is 3. The van der Waals surface area contributed by atoms with Crippen molar-refractivity contribution in [2.75, 3.05) is 19.1 Å². The van der Waals surface area contributed by atoms with Gasteiger partial charge in [-0.25, -0.2) is 0 Å². The highest BCUT2D eigenvalue weighted by atomic mass is 16.5. The van der Waals surface area contributed by atoms with Crippen molar-refractivity contribution in [2.45, 2.75) is 0 Å². The lowest BCUT2D eigenvalue weighted by Crippen LogP contribution is -2.19. The third-order valence-electron chi connectivity index (χ3n) is 3.77. The molecular weight excluding hydrogens is 274 g/mol. The average molecular weight is 291 g/mol. The summed E-state index contributed by atoms with van der Waals surface area (Å²) < 4.78 is 5.11. The number of ketones is 1. The minimum Gasteiger partial charge on any atom is -0.497 e. The van der Waals surface area contributed by atoms with Gasteiger partial charge >= 0.3 is 0 Å². The fraction of sp³-hybridized carbons (Fsp3) is 0.105. The number of allylic oxidation sites excluding steroid dienone is 2. The Bertz CT molecular complexity index is 757. The number of hydrogen-bond acceptors (Lipinski definition) is 3. The van der Waals surface area contributed by atoms with Gasteiger partial charge in [0.15, 0.2) is 5.78 Å². The second-order valence-electron chi connectivity index (χ2n) is 5.11. The summed E-state index contributed by atoms with van der Waals surface area (Å²) >= 11 is 0. The van der Waals surface area contributed by atoms with Crippen molar-refractivity contribution in [3.63, 3.8) is 0 Å². The Kier molecular flexibility index (Phi) is 3.79. The van der Waals surface area contributed by atoms with Gasteiger partial charge < -0.3 is 9.64 Å². The first kappa shape index (κ1) is 14.1. The molecule has 0 atom stereocenters. The molecule has 0 spiro atoms. The third-order valence-corrected chi connectivity index (χ3v) is 3.77. The van der Waals surface area contributed by atoms with Gasteiger partial charge in [-0.15, -0.1) is 0 Å². The van der Waals surface area contributed by atoms with Crippen molar-refractivity contribution in [3.8, 4) is 5.75 Å². The number of carbonyl (C=O) groups excluding carboxylic acids is 1. The molecule has 0 amide bonds. The fourth-order valence-electron chi connectivity index (χ4n) is 2.48. The average Bonchev–Trinajstić information content (AvgIpc) is 2.57. The highest BCUT2D eigenvalue weighted by Gasteiger charge is 2.14. The van der Waals surface area contributed by atoms with Crippen LogP contribution in [0.15, 0.2) is 66.4 Å². The van der Waals surface area contributed by atoms with Gasteiger partial charge in [0.25, 0.3) is 0 Å². The smallest absolute Gasteiger partial charge is 0.187 e.